The van der Waals surface area contributed by atoms with Crippen molar-refractivity contribution in [3.05, 3.63) is 21.4 Å². The van der Waals surface area contributed by atoms with E-state index in [2.05, 4.69) is 19.9 Å². The molecule has 1 aromatic rings. The normalized spacial score (nSPS) is 29.0. The summed E-state index contributed by atoms with van der Waals surface area (Å²) in [5.41, 5.74) is 7.51. The molecule has 2 atom stereocenters. The van der Waals surface area contributed by atoms with E-state index >= 15 is 0 Å². The van der Waals surface area contributed by atoms with E-state index in [9.17, 15) is 0 Å². The van der Waals surface area contributed by atoms with Crippen molar-refractivity contribution in [3.63, 3.8) is 0 Å². The molecule has 0 bridgehead atoms. The monoisotopic (exact) mass is 167 g/mol. The highest BCUT2D eigenvalue weighted by Gasteiger charge is 2.27. The van der Waals surface area contributed by atoms with Gasteiger partial charge in [0.2, 0.25) is 0 Å². The van der Waals surface area contributed by atoms with Gasteiger partial charge in [0.05, 0.1) is 0 Å². The fourth-order valence-corrected chi connectivity index (χ4v) is 2.95. The first-order chi connectivity index (χ1) is 5.18. The molecule has 1 aromatic heterocycles. The van der Waals surface area contributed by atoms with Gasteiger partial charge in [-0.2, -0.15) is 0 Å². The van der Waals surface area contributed by atoms with Crippen LogP contribution < -0.4 is 5.73 Å². The maximum Gasteiger partial charge on any atom is 0.0421 e. The van der Waals surface area contributed by atoms with E-state index in [1.54, 1.807) is 0 Å². The van der Waals surface area contributed by atoms with Crippen LogP contribution in [0.25, 0.3) is 0 Å². The van der Waals surface area contributed by atoms with Crippen LogP contribution in [0.3, 0.4) is 0 Å². The van der Waals surface area contributed by atoms with Gasteiger partial charge in [-0.3, -0.25) is 0 Å². The van der Waals surface area contributed by atoms with Gasteiger partial charge in [-0.05, 0) is 30.9 Å². The van der Waals surface area contributed by atoms with Crippen LogP contribution in [-0.4, -0.2) is 0 Å². The fourth-order valence-electron chi connectivity index (χ4n) is 1.76. The van der Waals surface area contributed by atoms with Crippen molar-refractivity contribution in [2.45, 2.75) is 26.3 Å². The summed E-state index contributed by atoms with van der Waals surface area (Å²) >= 11 is 1.86. The molecule has 0 fully saturated rings. The number of hydrogen-bond acceptors (Lipinski definition) is 2. The molecule has 2 heteroatoms. The van der Waals surface area contributed by atoms with Crippen molar-refractivity contribution >= 4 is 11.3 Å². The Morgan fingerprint density at radius 1 is 1.64 bits per heavy atom. The third-order valence-corrected chi connectivity index (χ3v) is 3.62. The van der Waals surface area contributed by atoms with Crippen LogP contribution in [0.15, 0.2) is 6.07 Å². The number of nitrogens with two attached hydrogens (primary N) is 1. The summed E-state index contributed by atoms with van der Waals surface area (Å²) in [7, 11) is 0. The first-order valence-electron chi connectivity index (χ1n) is 4.03. The lowest BCUT2D eigenvalue weighted by molar-refractivity contribution is 0.516. The van der Waals surface area contributed by atoms with Crippen molar-refractivity contribution in [1.82, 2.24) is 0 Å². The summed E-state index contributed by atoms with van der Waals surface area (Å²) in [5.74, 6) is 0.650. The molecule has 0 amide bonds. The highest BCUT2D eigenvalue weighted by molar-refractivity contribution is 7.12. The van der Waals surface area contributed by atoms with Crippen molar-refractivity contribution in [3.8, 4) is 0 Å². The lowest BCUT2D eigenvalue weighted by Gasteiger charge is -2.08. The Bertz CT molecular complexity index is 277. The van der Waals surface area contributed by atoms with E-state index in [-0.39, 0.29) is 0 Å². The predicted octanol–water partition coefficient (Wildman–Crippen LogP) is 2.25. The molecule has 0 aromatic carbocycles. The molecule has 1 aliphatic carbocycles. The zero-order valence-corrected chi connectivity index (χ0v) is 7.74. The second kappa shape index (κ2) is 2.32. The summed E-state index contributed by atoms with van der Waals surface area (Å²) < 4.78 is 0. The second-order valence-electron chi connectivity index (χ2n) is 3.45. The molecule has 2 N–H and O–H groups in total. The molecule has 1 aliphatic rings. The average Bonchev–Trinajstić information content (AvgIpc) is 2.37. The summed E-state index contributed by atoms with van der Waals surface area (Å²) in [6.45, 7) is 4.38. The Kier molecular flexibility index (Phi) is 1.55. The number of aryl methyl sites for hydroxylation is 1. The Balaban J connectivity index is 2.44. The third kappa shape index (κ3) is 1.01. The number of rotatable bonds is 0. The molecule has 0 spiro atoms. The maximum absolute atomic E-state index is 6.01. The molecule has 60 valence electrons. The molecule has 0 saturated heterocycles. The molecule has 2 rings (SSSR count). The summed E-state index contributed by atoms with van der Waals surface area (Å²) in [5, 5.41) is 0. The van der Waals surface area contributed by atoms with Crippen LogP contribution >= 0.6 is 11.3 Å². The maximum atomic E-state index is 6.01. The van der Waals surface area contributed by atoms with Gasteiger partial charge >= 0.3 is 0 Å². The number of fused-ring (bicyclic) bond motifs is 1. The van der Waals surface area contributed by atoms with Crippen LogP contribution in [0.5, 0.6) is 0 Å². The third-order valence-electron chi connectivity index (χ3n) is 2.42. The molecule has 1 nitrogen and oxygen atoms in total. The molecule has 0 saturated carbocycles. The van der Waals surface area contributed by atoms with Crippen LogP contribution in [0.2, 0.25) is 0 Å². The van der Waals surface area contributed by atoms with Gasteiger partial charge in [0.1, 0.15) is 0 Å². The Hall–Kier alpha value is -0.340. The molecule has 2 unspecified atom stereocenters. The van der Waals surface area contributed by atoms with Gasteiger partial charge in [-0.1, -0.05) is 6.92 Å². The first kappa shape index (κ1) is 7.32. The van der Waals surface area contributed by atoms with Gasteiger partial charge in [0.15, 0.2) is 0 Å². The van der Waals surface area contributed by atoms with E-state index in [1.165, 1.54) is 21.7 Å². The predicted molar refractivity (Wildman–Crippen MR) is 48.9 cm³/mol. The minimum absolute atomic E-state index is 0.309. The zero-order chi connectivity index (χ0) is 8.01. The van der Waals surface area contributed by atoms with Crippen LogP contribution in [-0.2, 0) is 6.42 Å². The lowest BCUT2D eigenvalue weighted by Crippen LogP contribution is -2.12. The first-order valence-corrected chi connectivity index (χ1v) is 4.85. The minimum Gasteiger partial charge on any atom is -0.323 e. The summed E-state index contributed by atoms with van der Waals surface area (Å²) in [4.78, 5) is 2.83. The molecule has 0 radical (unpaired) electrons. The van der Waals surface area contributed by atoms with E-state index < -0.39 is 0 Å². The summed E-state index contributed by atoms with van der Waals surface area (Å²) in [6, 6.07) is 2.59. The average molecular weight is 167 g/mol. The highest BCUT2D eigenvalue weighted by atomic mass is 32.1. The smallest absolute Gasteiger partial charge is 0.0421 e. The van der Waals surface area contributed by atoms with Gasteiger partial charge in [-0.25, -0.2) is 0 Å². The van der Waals surface area contributed by atoms with E-state index in [0.717, 1.165) is 0 Å². The Morgan fingerprint density at radius 2 is 2.36 bits per heavy atom. The molecular weight excluding hydrogens is 154 g/mol. The number of hydrogen-bond donors (Lipinski definition) is 1. The van der Waals surface area contributed by atoms with E-state index in [1.807, 2.05) is 11.3 Å². The van der Waals surface area contributed by atoms with Crippen LogP contribution in [0.1, 0.15) is 28.3 Å². The van der Waals surface area contributed by atoms with Crippen molar-refractivity contribution in [2.75, 3.05) is 0 Å². The standard InChI is InChI=1S/C9H13NS/c1-5-3-7-4-6(2)11-9(7)8(5)10/h4-5,8H,3,10H2,1-2H3. The van der Waals surface area contributed by atoms with Gasteiger partial charge in [0.25, 0.3) is 0 Å². The molecule has 11 heavy (non-hydrogen) atoms. The van der Waals surface area contributed by atoms with E-state index in [0.29, 0.717) is 12.0 Å². The number of thiophene rings is 1. The molecule has 1 heterocycles. The topological polar surface area (TPSA) is 26.0 Å². The van der Waals surface area contributed by atoms with Gasteiger partial charge in [0, 0.05) is 15.8 Å². The van der Waals surface area contributed by atoms with E-state index in [4.69, 9.17) is 5.73 Å². The zero-order valence-electron chi connectivity index (χ0n) is 6.92. The van der Waals surface area contributed by atoms with Crippen molar-refractivity contribution < 1.29 is 0 Å². The Labute approximate surface area is 71.2 Å². The lowest BCUT2D eigenvalue weighted by atomic mass is 10.1. The molecular formula is C9H13NS. The quantitative estimate of drug-likeness (QED) is 0.630. The van der Waals surface area contributed by atoms with Gasteiger partial charge in [-0.15, -0.1) is 11.3 Å². The van der Waals surface area contributed by atoms with Gasteiger partial charge < -0.3 is 5.73 Å². The highest BCUT2D eigenvalue weighted by Crippen LogP contribution is 2.39. The second-order valence-corrected chi connectivity index (χ2v) is 4.74. The van der Waals surface area contributed by atoms with Crippen molar-refractivity contribution in [2.24, 2.45) is 11.7 Å². The summed E-state index contributed by atoms with van der Waals surface area (Å²) in [6.07, 6.45) is 1.18. The Morgan fingerprint density at radius 3 is 3.00 bits per heavy atom. The van der Waals surface area contributed by atoms with Crippen molar-refractivity contribution in [1.29, 1.82) is 0 Å². The largest absolute Gasteiger partial charge is 0.323 e. The van der Waals surface area contributed by atoms with Crippen LogP contribution in [0, 0.1) is 12.8 Å². The molecule has 0 aliphatic heterocycles. The fraction of sp³-hybridized carbons (Fsp3) is 0.556. The minimum atomic E-state index is 0.309. The van der Waals surface area contributed by atoms with Crippen LogP contribution in [0.4, 0.5) is 0 Å². The SMILES string of the molecule is Cc1cc2c(s1)C(N)C(C)C2.